The van der Waals surface area contributed by atoms with Crippen LogP contribution in [0.3, 0.4) is 0 Å². The molecule has 2 aliphatic heterocycles. The lowest BCUT2D eigenvalue weighted by Crippen LogP contribution is -2.51. The van der Waals surface area contributed by atoms with E-state index in [1.807, 2.05) is 38.1 Å². The second-order valence-electron chi connectivity index (χ2n) is 12.0. The molecule has 0 bridgehead atoms. The third-order valence-electron chi connectivity index (χ3n) is 6.98. The molecule has 1 amide bonds. The smallest absolute Gasteiger partial charge is 0.409 e. The minimum atomic E-state index is -3.51. The van der Waals surface area contributed by atoms with E-state index in [9.17, 15) is 13.2 Å². The molecule has 0 radical (unpaired) electrons. The van der Waals surface area contributed by atoms with Gasteiger partial charge in [-0.05, 0) is 65.1 Å². The zero-order valence-corrected chi connectivity index (χ0v) is 23.5. The van der Waals surface area contributed by atoms with Crippen LogP contribution < -0.4 is 9.46 Å². The number of carbonyl (C=O) groups is 1. The van der Waals surface area contributed by atoms with Crippen LogP contribution in [0.2, 0.25) is 0 Å². The maximum atomic E-state index is 12.5. The lowest BCUT2D eigenvalue weighted by molar-refractivity contribution is -0.0171. The van der Waals surface area contributed by atoms with E-state index in [-0.39, 0.29) is 27.9 Å². The maximum Gasteiger partial charge on any atom is 0.409 e. The van der Waals surface area contributed by atoms with Crippen molar-refractivity contribution in [3.63, 3.8) is 0 Å². The van der Waals surface area contributed by atoms with E-state index in [4.69, 9.17) is 9.47 Å². The van der Waals surface area contributed by atoms with Gasteiger partial charge in [-0.2, -0.15) is 0 Å². The van der Waals surface area contributed by atoms with Crippen LogP contribution in [0.5, 0.6) is 5.75 Å². The topological polar surface area (TPSA) is 84.9 Å². The Hall–Kier alpha value is -2.58. The molecular formula is C29H40N2O5S. The Kier molecular flexibility index (Phi) is 7.91. The summed E-state index contributed by atoms with van der Waals surface area (Å²) in [6, 6.07) is 13.2. The number of ether oxygens (including phenoxy) is 2. The van der Waals surface area contributed by atoms with Crippen LogP contribution >= 0.6 is 0 Å². The van der Waals surface area contributed by atoms with Gasteiger partial charge in [0.05, 0.1) is 11.5 Å². The van der Waals surface area contributed by atoms with Gasteiger partial charge >= 0.3 is 6.09 Å². The first-order valence-electron chi connectivity index (χ1n) is 13.2. The Labute approximate surface area is 221 Å². The largest absolute Gasteiger partial charge is 0.487 e. The van der Waals surface area contributed by atoms with Crippen LogP contribution in [0.4, 0.5) is 4.79 Å². The van der Waals surface area contributed by atoms with Crippen molar-refractivity contribution in [3.8, 4) is 16.9 Å². The molecule has 2 aromatic rings. The third-order valence-corrected chi connectivity index (χ3v) is 8.42. The number of nitrogens with one attached hydrogen (secondary N) is 1. The molecule has 7 nitrogen and oxygen atoms in total. The quantitative estimate of drug-likeness (QED) is 0.525. The first kappa shape index (κ1) is 27.5. The van der Waals surface area contributed by atoms with Crippen molar-refractivity contribution in [3.05, 3.63) is 48.0 Å². The molecule has 202 valence electrons. The molecule has 1 saturated heterocycles. The van der Waals surface area contributed by atoms with Gasteiger partial charge in [0.15, 0.2) is 0 Å². The standard InChI is InChI=1S/C29H40N2O5S/c1-21(2)19-30-37(33,34)25-9-6-22(7-10-25)23-8-11-26-24(18-23)12-13-29(36-26)14-16-31(17-15-29)27(32)35-20-28(3,4)5/h6-11,18,21,30H,12-17,19-20H2,1-5H3. The number of likely N-dealkylation sites (tertiary alicyclic amines) is 1. The highest BCUT2D eigenvalue weighted by Gasteiger charge is 2.41. The number of rotatable bonds is 6. The SMILES string of the molecule is CC(C)CNS(=O)(=O)c1ccc(-c2ccc3c(c2)CCC2(CCN(C(=O)OCC(C)(C)C)CC2)O3)cc1. The summed E-state index contributed by atoms with van der Waals surface area (Å²) in [6.07, 6.45) is 3.16. The van der Waals surface area contributed by atoms with E-state index in [0.717, 1.165) is 48.1 Å². The Bertz CT molecular complexity index is 1210. The predicted molar refractivity (Wildman–Crippen MR) is 145 cm³/mol. The summed E-state index contributed by atoms with van der Waals surface area (Å²) in [5, 5.41) is 0. The second-order valence-corrected chi connectivity index (χ2v) is 13.7. The number of hydrogen-bond donors (Lipinski definition) is 1. The highest BCUT2D eigenvalue weighted by Crippen LogP contribution is 2.41. The van der Waals surface area contributed by atoms with Crippen LogP contribution in [0, 0.1) is 11.3 Å². The van der Waals surface area contributed by atoms with Gasteiger partial charge in [-0.3, -0.25) is 0 Å². The van der Waals surface area contributed by atoms with Crippen LogP contribution in [0.1, 0.15) is 59.4 Å². The van der Waals surface area contributed by atoms with Gasteiger partial charge in [-0.1, -0.05) is 52.8 Å². The molecule has 1 N–H and O–H groups in total. The van der Waals surface area contributed by atoms with E-state index < -0.39 is 10.0 Å². The van der Waals surface area contributed by atoms with E-state index in [2.05, 4.69) is 31.6 Å². The minimum absolute atomic E-state index is 0.0495. The monoisotopic (exact) mass is 528 g/mol. The lowest BCUT2D eigenvalue weighted by Gasteiger charge is -2.44. The number of nitrogens with zero attached hydrogens (tertiary/aromatic N) is 1. The van der Waals surface area contributed by atoms with E-state index in [1.165, 1.54) is 0 Å². The summed E-state index contributed by atoms with van der Waals surface area (Å²) in [4.78, 5) is 14.5. The highest BCUT2D eigenvalue weighted by molar-refractivity contribution is 7.89. The third kappa shape index (κ3) is 6.85. The molecular weight excluding hydrogens is 488 g/mol. The molecule has 0 aromatic heterocycles. The Balaban J connectivity index is 1.38. The fourth-order valence-electron chi connectivity index (χ4n) is 4.71. The van der Waals surface area contributed by atoms with E-state index >= 15 is 0 Å². The highest BCUT2D eigenvalue weighted by atomic mass is 32.2. The Morgan fingerprint density at radius 3 is 2.32 bits per heavy atom. The lowest BCUT2D eigenvalue weighted by atomic mass is 9.82. The zero-order valence-electron chi connectivity index (χ0n) is 22.7. The summed E-state index contributed by atoms with van der Waals surface area (Å²) in [7, 11) is -3.51. The molecule has 2 aromatic carbocycles. The fourth-order valence-corrected chi connectivity index (χ4v) is 5.92. The van der Waals surface area contributed by atoms with Crippen LogP contribution in [0.15, 0.2) is 47.4 Å². The van der Waals surface area contributed by atoms with Crippen molar-refractivity contribution < 1.29 is 22.7 Å². The molecule has 0 unspecified atom stereocenters. The number of carbonyl (C=O) groups excluding carboxylic acids is 1. The molecule has 0 aliphatic carbocycles. The first-order valence-corrected chi connectivity index (χ1v) is 14.7. The van der Waals surface area contributed by atoms with Crippen molar-refractivity contribution in [2.24, 2.45) is 11.3 Å². The van der Waals surface area contributed by atoms with Gasteiger partial charge in [0.1, 0.15) is 11.4 Å². The molecule has 8 heteroatoms. The zero-order chi connectivity index (χ0) is 26.8. The van der Waals surface area contributed by atoms with Crippen molar-refractivity contribution in [2.75, 3.05) is 26.2 Å². The summed E-state index contributed by atoms with van der Waals surface area (Å²) in [6.45, 7) is 12.2. The van der Waals surface area contributed by atoms with Gasteiger partial charge in [0.25, 0.3) is 0 Å². The predicted octanol–water partition coefficient (Wildman–Crippen LogP) is 5.63. The maximum absolute atomic E-state index is 12.5. The molecule has 1 fully saturated rings. The summed E-state index contributed by atoms with van der Waals surface area (Å²) in [5.74, 6) is 1.14. The van der Waals surface area contributed by atoms with Crippen molar-refractivity contribution in [2.45, 2.75) is 70.8 Å². The van der Waals surface area contributed by atoms with E-state index in [0.29, 0.717) is 26.2 Å². The normalized spacial score (nSPS) is 17.4. The summed E-state index contributed by atoms with van der Waals surface area (Å²) >= 11 is 0. The molecule has 2 heterocycles. The molecule has 37 heavy (non-hydrogen) atoms. The molecule has 1 spiro atoms. The number of amides is 1. The first-order chi connectivity index (χ1) is 17.4. The Morgan fingerprint density at radius 1 is 1.05 bits per heavy atom. The molecule has 2 aliphatic rings. The average Bonchev–Trinajstić information content (AvgIpc) is 2.86. The number of piperidine rings is 1. The number of sulfonamides is 1. The minimum Gasteiger partial charge on any atom is -0.487 e. The second kappa shape index (κ2) is 10.7. The van der Waals surface area contributed by atoms with Crippen LogP contribution in [-0.4, -0.2) is 51.3 Å². The van der Waals surface area contributed by atoms with E-state index in [1.54, 1.807) is 17.0 Å². The average molecular weight is 529 g/mol. The molecule has 4 rings (SSSR count). The van der Waals surface area contributed by atoms with Gasteiger partial charge in [0, 0.05) is 32.5 Å². The van der Waals surface area contributed by atoms with Crippen molar-refractivity contribution >= 4 is 16.1 Å². The number of benzene rings is 2. The van der Waals surface area contributed by atoms with Crippen LogP contribution in [0.25, 0.3) is 11.1 Å². The number of fused-ring (bicyclic) bond motifs is 1. The number of hydrogen-bond acceptors (Lipinski definition) is 5. The summed E-state index contributed by atoms with van der Waals surface area (Å²) < 4.78 is 39.7. The van der Waals surface area contributed by atoms with Crippen molar-refractivity contribution in [1.29, 1.82) is 0 Å². The Morgan fingerprint density at radius 2 is 1.70 bits per heavy atom. The van der Waals surface area contributed by atoms with Gasteiger partial charge in [0.2, 0.25) is 10.0 Å². The van der Waals surface area contributed by atoms with Gasteiger partial charge in [-0.25, -0.2) is 17.9 Å². The van der Waals surface area contributed by atoms with Gasteiger partial charge in [-0.15, -0.1) is 0 Å². The van der Waals surface area contributed by atoms with Crippen LogP contribution in [-0.2, 0) is 21.2 Å². The number of aryl methyl sites for hydroxylation is 1. The molecule has 0 atom stereocenters. The van der Waals surface area contributed by atoms with Crippen molar-refractivity contribution in [1.82, 2.24) is 9.62 Å². The van der Waals surface area contributed by atoms with Gasteiger partial charge < -0.3 is 14.4 Å². The fraction of sp³-hybridized carbons (Fsp3) is 0.552. The summed E-state index contributed by atoms with van der Waals surface area (Å²) in [5.41, 5.74) is 2.87. The molecule has 0 saturated carbocycles.